The Kier molecular flexibility index (Phi) is 5.26. The molecule has 4 nitrogen and oxygen atoms in total. The molecule has 0 fully saturated rings. The van der Waals surface area contributed by atoms with Crippen molar-refractivity contribution in [3.63, 3.8) is 0 Å². The lowest BCUT2D eigenvalue weighted by atomic mass is 9.99. The number of amides is 2. The Balaban J connectivity index is 1.43. The zero-order chi connectivity index (χ0) is 16.8. The third-order valence-corrected chi connectivity index (χ3v) is 4.28. The molecule has 2 aromatic carbocycles. The first kappa shape index (κ1) is 16.2. The van der Waals surface area contributed by atoms with Crippen LogP contribution in [0.5, 0.6) is 0 Å². The van der Waals surface area contributed by atoms with Crippen molar-refractivity contribution in [2.75, 3.05) is 11.9 Å². The van der Waals surface area contributed by atoms with Gasteiger partial charge in [0.2, 0.25) is 11.8 Å². The lowest BCUT2D eigenvalue weighted by molar-refractivity contribution is -0.121. The summed E-state index contributed by atoms with van der Waals surface area (Å²) in [6, 6.07) is 16.1. The van der Waals surface area contributed by atoms with Gasteiger partial charge in [0.15, 0.2) is 0 Å². The first-order chi connectivity index (χ1) is 11.7. The first-order valence-electron chi connectivity index (χ1n) is 8.43. The lowest BCUT2D eigenvalue weighted by Crippen LogP contribution is -2.26. The van der Waals surface area contributed by atoms with E-state index in [0.717, 1.165) is 24.9 Å². The molecule has 0 saturated heterocycles. The van der Waals surface area contributed by atoms with E-state index in [4.69, 9.17) is 0 Å². The van der Waals surface area contributed by atoms with Gasteiger partial charge in [0.25, 0.3) is 0 Å². The van der Waals surface area contributed by atoms with Gasteiger partial charge in [-0.25, -0.2) is 0 Å². The van der Waals surface area contributed by atoms with Crippen molar-refractivity contribution in [1.29, 1.82) is 0 Å². The third kappa shape index (κ3) is 4.44. The molecule has 1 aliphatic rings. The van der Waals surface area contributed by atoms with Gasteiger partial charge in [-0.1, -0.05) is 42.5 Å². The van der Waals surface area contributed by atoms with Crippen molar-refractivity contribution < 1.29 is 9.59 Å². The van der Waals surface area contributed by atoms with Gasteiger partial charge in [0.1, 0.15) is 0 Å². The summed E-state index contributed by atoms with van der Waals surface area (Å²) in [5.74, 6) is 0.171. The van der Waals surface area contributed by atoms with Crippen molar-refractivity contribution in [2.45, 2.75) is 32.1 Å². The molecular weight excluding hydrogens is 300 g/mol. The number of hydrogen-bond donors (Lipinski definition) is 2. The van der Waals surface area contributed by atoms with Crippen molar-refractivity contribution >= 4 is 17.5 Å². The van der Waals surface area contributed by atoms with E-state index in [1.807, 2.05) is 42.5 Å². The highest BCUT2D eigenvalue weighted by molar-refractivity contribution is 5.93. The molecule has 1 aliphatic heterocycles. The summed E-state index contributed by atoms with van der Waals surface area (Å²) in [6.45, 7) is 0.638. The smallest absolute Gasteiger partial charge is 0.224 e. The second kappa shape index (κ2) is 7.77. The van der Waals surface area contributed by atoms with E-state index >= 15 is 0 Å². The molecule has 4 heteroatoms. The molecule has 2 N–H and O–H groups in total. The molecule has 0 atom stereocenters. The van der Waals surface area contributed by atoms with Gasteiger partial charge in [-0.3, -0.25) is 9.59 Å². The number of benzene rings is 2. The SMILES string of the molecule is O=C(CCc1ccccc1)NCCc1ccc2c(c1)CCC(=O)N2. The van der Waals surface area contributed by atoms with Crippen LogP contribution in [0.15, 0.2) is 48.5 Å². The van der Waals surface area contributed by atoms with Crippen LogP contribution in [0.25, 0.3) is 0 Å². The average molecular weight is 322 g/mol. The Morgan fingerprint density at radius 3 is 2.67 bits per heavy atom. The van der Waals surface area contributed by atoms with Crippen LogP contribution < -0.4 is 10.6 Å². The highest BCUT2D eigenvalue weighted by atomic mass is 16.2. The lowest BCUT2D eigenvalue weighted by Gasteiger charge is -2.17. The van der Waals surface area contributed by atoms with Gasteiger partial charge in [0, 0.05) is 25.1 Å². The maximum atomic E-state index is 11.9. The molecular formula is C20H22N2O2. The van der Waals surface area contributed by atoms with Crippen molar-refractivity contribution in [3.05, 3.63) is 65.2 Å². The fourth-order valence-corrected chi connectivity index (χ4v) is 2.93. The van der Waals surface area contributed by atoms with Crippen LogP contribution in [-0.2, 0) is 28.9 Å². The normalized spacial score (nSPS) is 13.1. The fraction of sp³-hybridized carbons (Fsp3) is 0.300. The van der Waals surface area contributed by atoms with Crippen LogP contribution in [-0.4, -0.2) is 18.4 Å². The zero-order valence-electron chi connectivity index (χ0n) is 13.7. The third-order valence-electron chi connectivity index (χ3n) is 4.28. The van der Waals surface area contributed by atoms with Gasteiger partial charge in [-0.05, 0) is 42.0 Å². The van der Waals surface area contributed by atoms with Gasteiger partial charge >= 0.3 is 0 Å². The minimum Gasteiger partial charge on any atom is -0.356 e. The van der Waals surface area contributed by atoms with E-state index in [-0.39, 0.29) is 11.8 Å². The van der Waals surface area contributed by atoms with Gasteiger partial charge in [0.05, 0.1) is 0 Å². The molecule has 0 aromatic heterocycles. The summed E-state index contributed by atoms with van der Waals surface area (Å²) in [5.41, 5.74) is 4.47. The molecule has 0 saturated carbocycles. The van der Waals surface area contributed by atoms with Crippen LogP contribution in [0.4, 0.5) is 5.69 Å². The molecule has 124 valence electrons. The van der Waals surface area contributed by atoms with Crippen molar-refractivity contribution in [2.24, 2.45) is 0 Å². The Hall–Kier alpha value is -2.62. The Labute approximate surface area is 142 Å². The number of hydrogen-bond acceptors (Lipinski definition) is 2. The summed E-state index contributed by atoms with van der Waals surface area (Å²) in [6.07, 6.45) is 3.43. The van der Waals surface area contributed by atoms with E-state index in [0.29, 0.717) is 19.4 Å². The molecule has 0 bridgehead atoms. The number of carbonyl (C=O) groups excluding carboxylic acids is 2. The Bertz CT molecular complexity index is 726. The minimum absolute atomic E-state index is 0.0842. The molecule has 0 aliphatic carbocycles. The number of carbonyl (C=O) groups is 2. The van der Waals surface area contributed by atoms with Crippen LogP contribution in [0.3, 0.4) is 0 Å². The standard InChI is InChI=1S/C20H22N2O2/c23-19(10-7-15-4-2-1-3-5-15)21-13-12-16-6-9-18-17(14-16)8-11-20(24)22-18/h1-6,9,14H,7-8,10-13H2,(H,21,23)(H,22,24). The van der Waals surface area contributed by atoms with Gasteiger partial charge < -0.3 is 10.6 Å². The summed E-state index contributed by atoms with van der Waals surface area (Å²) in [5, 5.41) is 5.86. The molecule has 0 spiro atoms. The summed E-state index contributed by atoms with van der Waals surface area (Å²) < 4.78 is 0. The number of anilines is 1. The maximum Gasteiger partial charge on any atom is 0.224 e. The molecule has 1 heterocycles. The van der Waals surface area contributed by atoms with Gasteiger partial charge in [-0.15, -0.1) is 0 Å². The number of rotatable bonds is 6. The number of aryl methyl sites for hydroxylation is 2. The molecule has 0 radical (unpaired) electrons. The van der Waals surface area contributed by atoms with E-state index in [2.05, 4.69) is 16.7 Å². The van der Waals surface area contributed by atoms with E-state index in [9.17, 15) is 9.59 Å². The Morgan fingerprint density at radius 1 is 1.00 bits per heavy atom. The van der Waals surface area contributed by atoms with Crippen LogP contribution in [0.2, 0.25) is 0 Å². The zero-order valence-corrected chi connectivity index (χ0v) is 13.7. The highest BCUT2D eigenvalue weighted by Gasteiger charge is 2.14. The van der Waals surface area contributed by atoms with Crippen molar-refractivity contribution in [1.82, 2.24) is 5.32 Å². The van der Waals surface area contributed by atoms with Crippen molar-refractivity contribution in [3.8, 4) is 0 Å². The quantitative estimate of drug-likeness (QED) is 0.859. The Morgan fingerprint density at radius 2 is 1.83 bits per heavy atom. The van der Waals surface area contributed by atoms with Crippen LogP contribution in [0, 0.1) is 0 Å². The van der Waals surface area contributed by atoms with Crippen LogP contribution >= 0.6 is 0 Å². The molecule has 0 unspecified atom stereocenters. The summed E-state index contributed by atoms with van der Waals surface area (Å²) >= 11 is 0. The monoisotopic (exact) mass is 322 g/mol. The topological polar surface area (TPSA) is 58.2 Å². The number of nitrogens with one attached hydrogen (secondary N) is 2. The maximum absolute atomic E-state index is 11.9. The van der Waals surface area contributed by atoms with E-state index < -0.39 is 0 Å². The second-order valence-corrected chi connectivity index (χ2v) is 6.13. The fourth-order valence-electron chi connectivity index (χ4n) is 2.93. The second-order valence-electron chi connectivity index (χ2n) is 6.13. The first-order valence-corrected chi connectivity index (χ1v) is 8.43. The molecule has 2 aromatic rings. The van der Waals surface area contributed by atoms with E-state index in [1.54, 1.807) is 0 Å². The molecule has 3 rings (SSSR count). The predicted octanol–water partition coefficient (Wildman–Crippen LogP) is 2.86. The van der Waals surface area contributed by atoms with E-state index in [1.165, 1.54) is 16.7 Å². The average Bonchev–Trinajstić information content (AvgIpc) is 2.61. The number of fused-ring (bicyclic) bond motifs is 1. The summed E-state index contributed by atoms with van der Waals surface area (Å²) in [7, 11) is 0. The van der Waals surface area contributed by atoms with Gasteiger partial charge in [-0.2, -0.15) is 0 Å². The van der Waals surface area contributed by atoms with Crippen LogP contribution in [0.1, 0.15) is 29.5 Å². The summed E-state index contributed by atoms with van der Waals surface area (Å²) in [4.78, 5) is 23.3. The molecule has 2 amide bonds. The molecule has 24 heavy (non-hydrogen) atoms. The minimum atomic E-state index is 0.0842. The highest BCUT2D eigenvalue weighted by Crippen LogP contribution is 2.23. The predicted molar refractivity (Wildman–Crippen MR) is 94.9 cm³/mol. The largest absolute Gasteiger partial charge is 0.356 e.